The fourth-order valence-corrected chi connectivity index (χ4v) is 2.85. The number of phenolic OH excluding ortho intramolecular Hbond substituents is 2. The maximum atomic E-state index is 12.0. The average Bonchev–Trinajstić information content (AvgIpc) is 2.39. The topological polar surface area (TPSA) is 89.8 Å². The summed E-state index contributed by atoms with van der Waals surface area (Å²) in [5.41, 5.74) is -0.864. The Balaban J connectivity index is 2.00. The molecule has 2 atom stereocenters. The van der Waals surface area contributed by atoms with E-state index in [0.717, 1.165) is 12.8 Å². The Kier molecular flexibility index (Phi) is 4.18. The number of carbonyl (C=O) groups is 1. The number of hydrogen-bond donors (Lipinski definition) is 4. The van der Waals surface area contributed by atoms with Gasteiger partial charge in [-0.25, -0.2) is 0 Å². The van der Waals surface area contributed by atoms with E-state index in [2.05, 4.69) is 12.2 Å². The standard InChI is InChI=1S/C15H21NO4/c1-10-4-3-7-15(20,8-10)9-16-14(19)11-5-2-6-12(17)13(11)18/h2,5-6,10,17-18,20H,3-4,7-9H2,1H3,(H,16,19). The molecule has 0 bridgehead atoms. The van der Waals surface area contributed by atoms with Gasteiger partial charge in [-0.1, -0.05) is 25.8 Å². The zero-order chi connectivity index (χ0) is 14.8. The normalized spacial score (nSPS) is 26.2. The molecule has 110 valence electrons. The predicted octanol–water partition coefficient (Wildman–Crippen LogP) is 1.77. The molecule has 1 aliphatic carbocycles. The van der Waals surface area contributed by atoms with Gasteiger partial charge in [0.15, 0.2) is 11.5 Å². The Hall–Kier alpha value is -1.75. The molecule has 1 fully saturated rings. The minimum Gasteiger partial charge on any atom is -0.504 e. The molecule has 2 unspecified atom stereocenters. The van der Waals surface area contributed by atoms with E-state index >= 15 is 0 Å². The molecular weight excluding hydrogens is 258 g/mol. The molecule has 4 N–H and O–H groups in total. The van der Waals surface area contributed by atoms with Crippen LogP contribution in [-0.4, -0.2) is 33.4 Å². The molecule has 0 spiro atoms. The van der Waals surface area contributed by atoms with Crippen molar-refractivity contribution in [1.82, 2.24) is 5.32 Å². The van der Waals surface area contributed by atoms with E-state index in [1.165, 1.54) is 18.2 Å². The number of phenols is 2. The van der Waals surface area contributed by atoms with Gasteiger partial charge in [-0.3, -0.25) is 4.79 Å². The van der Waals surface area contributed by atoms with Gasteiger partial charge in [-0.15, -0.1) is 0 Å². The van der Waals surface area contributed by atoms with Crippen molar-refractivity contribution in [3.8, 4) is 11.5 Å². The van der Waals surface area contributed by atoms with Crippen LogP contribution in [0.3, 0.4) is 0 Å². The molecule has 0 aliphatic heterocycles. The highest BCUT2D eigenvalue weighted by Crippen LogP contribution is 2.32. The predicted molar refractivity (Wildman–Crippen MR) is 74.7 cm³/mol. The molecular formula is C15H21NO4. The summed E-state index contributed by atoms with van der Waals surface area (Å²) in [5.74, 6) is -0.818. The Labute approximate surface area is 118 Å². The Morgan fingerprint density at radius 2 is 2.20 bits per heavy atom. The smallest absolute Gasteiger partial charge is 0.255 e. The quantitative estimate of drug-likeness (QED) is 0.635. The van der Waals surface area contributed by atoms with Crippen LogP contribution in [0.25, 0.3) is 0 Å². The molecule has 2 rings (SSSR count). The van der Waals surface area contributed by atoms with E-state index in [4.69, 9.17) is 0 Å². The number of amides is 1. The zero-order valence-electron chi connectivity index (χ0n) is 11.6. The lowest BCUT2D eigenvalue weighted by Crippen LogP contribution is -2.45. The molecule has 1 saturated carbocycles. The third-order valence-electron chi connectivity index (χ3n) is 3.90. The maximum absolute atomic E-state index is 12.0. The monoisotopic (exact) mass is 279 g/mol. The van der Waals surface area contributed by atoms with E-state index in [1.807, 2.05) is 0 Å². The number of aliphatic hydroxyl groups is 1. The fraction of sp³-hybridized carbons (Fsp3) is 0.533. The molecule has 1 aromatic carbocycles. The summed E-state index contributed by atoms with van der Waals surface area (Å²) in [6.45, 7) is 2.25. The van der Waals surface area contributed by atoms with Crippen molar-refractivity contribution in [2.45, 2.75) is 38.2 Å². The van der Waals surface area contributed by atoms with Gasteiger partial charge in [-0.05, 0) is 30.9 Å². The number of hydrogen-bond acceptors (Lipinski definition) is 4. The molecule has 1 aromatic rings. The van der Waals surface area contributed by atoms with Crippen molar-refractivity contribution in [2.75, 3.05) is 6.54 Å². The van der Waals surface area contributed by atoms with Crippen molar-refractivity contribution < 1.29 is 20.1 Å². The largest absolute Gasteiger partial charge is 0.504 e. The minimum absolute atomic E-state index is 0.0115. The highest BCUT2D eigenvalue weighted by atomic mass is 16.3. The van der Waals surface area contributed by atoms with Crippen molar-refractivity contribution in [3.63, 3.8) is 0 Å². The second-order valence-corrected chi connectivity index (χ2v) is 5.78. The molecule has 0 aromatic heterocycles. The van der Waals surface area contributed by atoms with Gasteiger partial charge in [0, 0.05) is 6.54 Å². The second kappa shape index (κ2) is 5.71. The number of nitrogens with one attached hydrogen (secondary N) is 1. The van der Waals surface area contributed by atoms with Crippen molar-refractivity contribution in [3.05, 3.63) is 23.8 Å². The fourth-order valence-electron chi connectivity index (χ4n) is 2.85. The molecule has 0 heterocycles. The van der Waals surface area contributed by atoms with Crippen LogP contribution >= 0.6 is 0 Å². The van der Waals surface area contributed by atoms with Gasteiger partial charge in [-0.2, -0.15) is 0 Å². The van der Waals surface area contributed by atoms with Gasteiger partial charge < -0.3 is 20.6 Å². The first-order chi connectivity index (χ1) is 9.41. The van der Waals surface area contributed by atoms with Gasteiger partial charge in [0.25, 0.3) is 5.91 Å². The third kappa shape index (κ3) is 3.22. The van der Waals surface area contributed by atoms with E-state index < -0.39 is 17.3 Å². The van der Waals surface area contributed by atoms with E-state index in [0.29, 0.717) is 18.8 Å². The Bertz CT molecular complexity index is 503. The first kappa shape index (κ1) is 14.7. The molecule has 1 amide bonds. The first-order valence-corrected chi connectivity index (χ1v) is 6.93. The van der Waals surface area contributed by atoms with Crippen LogP contribution in [0.1, 0.15) is 43.0 Å². The summed E-state index contributed by atoms with van der Waals surface area (Å²) >= 11 is 0. The number of aromatic hydroxyl groups is 2. The van der Waals surface area contributed by atoms with Crippen LogP contribution in [0.4, 0.5) is 0 Å². The van der Waals surface area contributed by atoms with Crippen molar-refractivity contribution >= 4 is 5.91 Å². The minimum atomic E-state index is -0.875. The summed E-state index contributed by atoms with van der Waals surface area (Å²) in [7, 11) is 0. The van der Waals surface area contributed by atoms with Gasteiger partial charge >= 0.3 is 0 Å². The second-order valence-electron chi connectivity index (χ2n) is 5.78. The molecule has 1 aliphatic rings. The first-order valence-electron chi connectivity index (χ1n) is 6.93. The lowest BCUT2D eigenvalue weighted by molar-refractivity contribution is -0.0109. The van der Waals surface area contributed by atoms with Crippen LogP contribution in [0.2, 0.25) is 0 Å². The van der Waals surface area contributed by atoms with Gasteiger partial charge in [0.2, 0.25) is 0 Å². The highest BCUT2D eigenvalue weighted by Gasteiger charge is 2.33. The van der Waals surface area contributed by atoms with E-state index in [1.54, 1.807) is 0 Å². The number of rotatable bonds is 3. The van der Waals surface area contributed by atoms with E-state index in [9.17, 15) is 20.1 Å². The van der Waals surface area contributed by atoms with Crippen LogP contribution in [0, 0.1) is 5.92 Å². The van der Waals surface area contributed by atoms with Crippen LogP contribution in [0.15, 0.2) is 18.2 Å². The molecule has 20 heavy (non-hydrogen) atoms. The average molecular weight is 279 g/mol. The maximum Gasteiger partial charge on any atom is 0.255 e. The number of carbonyl (C=O) groups excluding carboxylic acids is 1. The zero-order valence-corrected chi connectivity index (χ0v) is 11.6. The van der Waals surface area contributed by atoms with Crippen LogP contribution < -0.4 is 5.32 Å². The number of para-hydroxylation sites is 1. The van der Waals surface area contributed by atoms with Crippen LogP contribution in [-0.2, 0) is 0 Å². The SMILES string of the molecule is CC1CCCC(O)(CNC(=O)c2cccc(O)c2O)C1. The summed E-state index contributed by atoms with van der Waals surface area (Å²) in [5, 5.41) is 32.1. The van der Waals surface area contributed by atoms with Crippen LogP contribution in [0.5, 0.6) is 11.5 Å². The summed E-state index contributed by atoms with van der Waals surface area (Å²) in [6.07, 6.45) is 3.39. The third-order valence-corrected chi connectivity index (χ3v) is 3.90. The lowest BCUT2D eigenvalue weighted by atomic mass is 9.79. The van der Waals surface area contributed by atoms with Gasteiger partial charge in [0.05, 0.1) is 11.2 Å². The summed E-state index contributed by atoms with van der Waals surface area (Å²) in [4.78, 5) is 12.0. The lowest BCUT2D eigenvalue weighted by Gasteiger charge is -2.35. The van der Waals surface area contributed by atoms with E-state index in [-0.39, 0.29) is 17.9 Å². The Morgan fingerprint density at radius 3 is 2.90 bits per heavy atom. The molecule has 0 radical (unpaired) electrons. The summed E-state index contributed by atoms with van der Waals surface area (Å²) < 4.78 is 0. The highest BCUT2D eigenvalue weighted by molar-refractivity contribution is 5.97. The molecule has 0 saturated heterocycles. The van der Waals surface area contributed by atoms with Gasteiger partial charge in [0.1, 0.15) is 0 Å². The number of benzene rings is 1. The van der Waals surface area contributed by atoms with Crippen molar-refractivity contribution in [2.24, 2.45) is 5.92 Å². The summed E-state index contributed by atoms with van der Waals surface area (Å²) in [6, 6.07) is 4.22. The Morgan fingerprint density at radius 1 is 1.45 bits per heavy atom. The molecule has 5 nitrogen and oxygen atoms in total. The molecule has 5 heteroatoms. The van der Waals surface area contributed by atoms with Crippen molar-refractivity contribution in [1.29, 1.82) is 0 Å².